The Bertz CT molecular complexity index is 599. The summed E-state index contributed by atoms with van der Waals surface area (Å²) in [5.74, 6) is 1.16. The van der Waals surface area contributed by atoms with E-state index in [1.165, 1.54) is 24.8 Å². The maximum absolute atomic E-state index is 12.1. The molecule has 24 heavy (non-hydrogen) atoms. The van der Waals surface area contributed by atoms with Crippen molar-refractivity contribution in [3.63, 3.8) is 0 Å². The predicted molar refractivity (Wildman–Crippen MR) is 103 cm³/mol. The maximum Gasteiger partial charge on any atom is 0.338 e. The minimum Gasteiger partial charge on any atom is -0.462 e. The van der Waals surface area contributed by atoms with Crippen molar-refractivity contribution in [3.8, 4) is 11.1 Å². The summed E-state index contributed by atoms with van der Waals surface area (Å²) in [6.07, 6.45) is 4.69. The van der Waals surface area contributed by atoms with Gasteiger partial charge in [0.15, 0.2) is 0 Å². The van der Waals surface area contributed by atoms with Crippen LogP contribution in [0.25, 0.3) is 11.1 Å². The fourth-order valence-corrected chi connectivity index (χ4v) is 3.35. The SMILES string of the molecule is CC(C)CCCC(C)CCOC(=O)c1ccc(-c2ccsc2)cc1. The van der Waals surface area contributed by atoms with Crippen molar-refractivity contribution in [2.24, 2.45) is 11.8 Å². The highest BCUT2D eigenvalue weighted by molar-refractivity contribution is 7.08. The summed E-state index contributed by atoms with van der Waals surface area (Å²) in [6, 6.07) is 9.74. The number of rotatable bonds is 9. The van der Waals surface area contributed by atoms with Gasteiger partial charge in [-0.3, -0.25) is 0 Å². The van der Waals surface area contributed by atoms with Gasteiger partial charge in [0.1, 0.15) is 0 Å². The molecule has 0 saturated carbocycles. The van der Waals surface area contributed by atoms with Crippen LogP contribution in [-0.4, -0.2) is 12.6 Å². The minimum absolute atomic E-state index is 0.221. The molecule has 0 amide bonds. The van der Waals surface area contributed by atoms with Crippen LogP contribution in [-0.2, 0) is 4.74 Å². The second-order valence-corrected chi connectivity index (χ2v) is 7.72. The molecule has 0 radical (unpaired) electrons. The third-order valence-corrected chi connectivity index (χ3v) is 4.98. The summed E-state index contributed by atoms with van der Waals surface area (Å²) in [4.78, 5) is 12.1. The number of benzene rings is 1. The lowest BCUT2D eigenvalue weighted by atomic mass is 9.98. The highest BCUT2D eigenvalue weighted by atomic mass is 32.1. The van der Waals surface area contributed by atoms with Crippen LogP contribution in [0.15, 0.2) is 41.1 Å². The molecule has 0 aliphatic rings. The molecule has 0 fully saturated rings. The molecule has 2 aromatic rings. The van der Waals surface area contributed by atoms with Gasteiger partial charge < -0.3 is 4.74 Å². The topological polar surface area (TPSA) is 26.3 Å². The molecule has 1 atom stereocenters. The first-order valence-electron chi connectivity index (χ1n) is 8.86. The van der Waals surface area contributed by atoms with E-state index in [2.05, 4.69) is 37.6 Å². The smallest absolute Gasteiger partial charge is 0.338 e. The second kappa shape index (κ2) is 9.63. The third kappa shape index (κ3) is 6.12. The number of esters is 1. The largest absolute Gasteiger partial charge is 0.462 e. The minimum atomic E-state index is -0.221. The second-order valence-electron chi connectivity index (χ2n) is 6.94. The van der Waals surface area contributed by atoms with E-state index in [1.807, 2.05) is 24.3 Å². The van der Waals surface area contributed by atoms with Crippen molar-refractivity contribution in [2.45, 2.75) is 46.5 Å². The van der Waals surface area contributed by atoms with Crippen molar-refractivity contribution in [1.29, 1.82) is 0 Å². The van der Waals surface area contributed by atoms with Crippen LogP contribution >= 0.6 is 11.3 Å². The predicted octanol–water partition coefficient (Wildman–Crippen LogP) is 6.42. The molecule has 0 bridgehead atoms. The highest BCUT2D eigenvalue weighted by Crippen LogP contribution is 2.22. The van der Waals surface area contributed by atoms with Crippen molar-refractivity contribution in [3.05, 3.63) is 46.7 Å². The van der Waals surface area contributed by atoms with Gasteiger partial charge in [0.25, 0.3) is 0 Å². The quantitative estimate of drug-likeness (QED) is 0.490. The Labute approximate surface area is 149 Å². The van der Waals surface area contributed by atoms with Crippen LogP contribution in [0.2, 0.25) is 0 Å². The first-order valence-corrected chi connectivity index (χ1v) is 9.80. The zero-order valence-corrected chi connectivity index (χ0v) is 15.8. The first-order chi connectivity index (χ1) is 11.6. The van der Waals surface area contributed by atoms with Crippen molar-refractivity contribution < 1.29 is 9.53 Å². The van der Waals surface area contributed by atoms with Crippen molar-refractivity contribution >= 4 is 17.3 Å². The molecule has 0 spiro atoms. The van der Waals surface area contributed by atoms with Gasteiger partial charge in [0, 0.05) is 0 Å². The van der Waals surface area contributed by atoms with E-state index in [0.29, 0.717) is 18.1 Å². The average Bonchev–Trinajstić information content (AvgIpc) is 3.09. The van der Waals surface area contributed by atoms with Crippen LogP contribution in [0.1, 0.15) is 56.8 Å². The molecule has 1 aromatic heterocycles. The van der Waals surface area contributed by atoms with Crippen LogP contribution in [0.3, 0.4) is 0 Å². The Balaban J connectivity index is 1.72. The van der Waals surface area contributed by atoms with Gasteiger partial charge in [-0.1, -0.05) is 52.2 Å². The Morgan fingerprint density at radius 3 is 2.38 bits per heavy atom. The van der Waals surface area contributed by atoms with Crippen LogP contribution in [0.4, 0.5) is 0 Å². The lowest BCUT2D eigenvalue weighted by Gasteiger charge is -2.12. The van der Waals surface area contributed by atoms with Crippen LogP contribution < -0.4 is 0 Å². The zero-order valence-electron chi connectivity index (χ0n) is 15.0. The Kier molecular flexibility index (Phi) is 7.51. The Hall–Kier alpha value is -1.61. The number of carbonyl (C=O) groups excluding carboxylic acids is 1. The van der Waals surface area contributed by atoms with Crippen molar-refractivity contribution in [2.75, 3.05) is 6.61 Å². The monoisotopic (exact) mass is 344 g/mol. The van der Waals surface area contributed by atoms with E-state index < -0.39 is 0 Å². The molecule has 0 saturated heterocycles. The summed E-state index contributed by atoms with van der Waals surface area (Å²) >= 11 is 1.67. The fraction of sp³-hybridized carbons (Fsp3) is 0.476. The van der Waals surface area contributed by atoms with E-state index in [9.17, 15) is 4.79 Å². The molecular formula is C21H28O2S. The lowest BCUT2D eigenvalue weighted by Crippen LogP contribution is -2.09. The highest BCUT2D eigenvalue weighted by Gasteiger charge is 2.09. The third-order valence-electron chi connectivity index (χ3n) is 4.30. The summed E-state index contributed by atoms with van der Waals surface area (Å²) in [5.41, 5.74) is 2.95. The van der Waals surface area contributed by atoms with E-state index in [0.717, 1.165) is 17.9 Å². The number of hydrogen-bond donors (Lipinski definition) is 0. The number of ether oxygens (including phenoxy) is 1. The summed E-state index contributed by atoms with van der Waals surface area (Å²) < 4.78 is 5.42. The molecule has 0 aliphatic heterocycles. The first kappa shape index (κ1) is 18.7. The Morgan fingerprint density at radius 2 is 1.75 bits per heavy atom. The van der Waals surface area contributed by atoms with E-state index >= 15 is 0 Å². The van der Waals surface area contributed by atoms with Gasteiger partial charge in [-0.2, -0.15) is 11.3 Å². The summed E-state index contributed by atoms with van der Waals surface area (Å²) in [7, 11) is 0. The van der Waals surface area contributed by atoms with Gasteiger partial charge in [0.2, 0.25) is 0 Å². The summed E-state index contributed by atoms with van der Waals surface area (Å²) in [6.45, 7) is 7.27. The Morgan fingerprint density at radius 1 is 1.00 bits per heavy atom. The van der Waals surface area contributed by atoms with E-state index in [1.54, 1.807) is 11.3 Å². The van der Waals surface area contributed by atoms with Gasteiger partial charge in [0.05, 0.1) is 12.2 Å². The van der Waals surface area contributed by atoms with E-state index in [-0.39, 0.29) is 5.97 Å². The van der Waals surface area contributed by atoms with Gasteiger partial charge >= 0.3 is 5.97 Å². The zero-order chi connectivity index (χ0) is 17.4. The molecule has 2 rings (SSSR count). The lowest BCUT2D eigenvalue weighted by molar-refractivity contribution is 0.0483. The fourth-order valence-electron chi connectivity index (χ4n) is 2.68. The van der Waals surface area contributed by atoms with E-state index in [4.69, 9.17) is 4.74 Å². The van der Waals surface area contributed by atoms with Crippen molar-refractivity contribution in [1.82, 2.24) is 0 Å². The van der Waals surface area contributed by atoms with Gasteiger partial charge in [-0.15, -0.1) is 0 Å². The van der Waals surface area contributed by atoms with Crippen LogP contribution in [0, 0.1) is 11.8 Å². The summed E-state index contributed by atoms with van der Waals surface area (Å²) in [5, 5.41) is 4.16. The number of hydrogen-bond acceptors (Lipinski definition) is 3. The molecular weight excluding hydrogens is 316 g/mol. The molecule has 1 aromatic carbocycles. The average molecular weight is 345 g/mol. The molecule has 1 unspecified atom stereocenters. The molecule has 130 valence electrons. The van der Waals surface area contributed by atoms with Gasteiger partial charge in [-0.05, 0) is 58.3 Å². The number of thiophene rings is 1. The van der Waals surface area contributed by atoms with Crippen LogP contribution in [0.5, 0.6) is 0 Å². The molecule has 0 N–H and O–H groups in total. The molecule has 3 heteroatoms. The normalized spacial score (nSPS) is 12.3. The molecule has 1 heterocycles. The van der Waals surface area contributed by atoms with Gasteiger partial charge in [-0.25, -0.2) is 4.79 Å². The molecule has 2 nitrogen and oxygen atoms in total. The number of carbonyl (C=O) groups is 1. The molecule has 0 aliphatic carbocycles. The standard InChI is InChI=1S/C21H28O2S/c1-16(2)5-4-6-17(3)11-13-23-21(22)19-9-7-18(8-10-19)20-12-14-24-15-20/h7-10,12,14-17H,4-6,11,13H2,1-3H3. The maximum atomic E-state index is 12.1.